The molecule has 13 heteroatoms. The van der Waals surface area contributed by atoms with Gasteiger partial charge in [-0.05, 0) is 37.6 Å². The van der Waals surface area contributed by atoms with Crippen LogP contribution in [0.4, 0.5) is 10.3 Å². The van der Waals surface area contributed by atoms with Crippen LogP contribution in [0.5, 0.6) is 5.75 Å². The van der Waals surface area contributed by atoms with Crippen LogP contribution in [0, 0.1) is 5.82 Å². The van der Waals surface area contributed by atoms with Gasteiger partial charge in [-0.15, -0.1) is 0 Å². The number of nitrogens with zero attached hydrogens (tertiary/aromatic N) is 4. The van der Waals surface area contributed by atoms with E-state index in [2.05, 4.69) is 20.6 Å². The zero-order valence-electron chi connectivity index (χ0n) is 21.7. The van der Waals surface area contributed by atoms with Crippen molar-refractivity contribution in [3.63, 3.8) is 0 Å². The molecule has 3 heterocycles. The average molecular weight is 561 g/mol. The molecule has 0 fully saturated rings. The predicted octanol–water partition coefficient (Wildman–Crippen LogP) is 2.23. The van der Waals surface area contributed by atoms with Crippen molar-refractivity contribution >= 4 is 29.4 Å². The van der Waals surface area contributed by atoms with Gasteiger partial charge in [0.2, 0.25) is 11.9 Å². The Labute approximate surface area is 229 Å². The fourth-order valence-electron chi connectivity index (χ4n) is 4.31. The molecule has 39 heavy (non-hydrogen) atoms. The van der Waals surface area contributed by atoms with Gasteiger partial charge in [0.05, 0.1) is 43.3 Å². The van der Waals surface area contributed by atoms with Crippen molar-refractivity contribution in [1.82, 2.24) is 24.8 Å². The Morgan fingerprint density at radius 2 is 1.97 bits per heavy atom. The fourth-order valence-corrected chi connectivity index (χ4v) is 4.51. The number of carbonyl (C=O) groups excluding carboxylic acids is 2. The van der Waals surface area contributed by atoms with Gasteiger partial charge < -0.3 is 35.1 Å². The largest absolute Gasteiger partial charge is 0.497 e. The second-order valence-corrected chi connectivity index (χ2v) is 9.68. The van der Waals surface area contributed by atoms with Crippen molar-refractivity contribution in [2.45, 2.75) is 38.5 Å². The summed E-state index contributed by atoms with van der Waals surface area (Å²) in [5.41, 5.74) is 1.72. The van der Waals surface area contributed by atoms with Crippen molar-refractivity contribution in [2.75, 3.05) is 32.2 Å². The Bertz CT molecular complexity index is 1370. The third kappa shape index (κ3) is 6.13. The molecule has 0 bridgehead atoms. The molecule has 4 N–H and O–H groups in total. The molecule has 0 aliphatic carbocycles. The highest BCUT2D eigenvalue weighted by atomic mass is 35.5. The monoisotopic (exact) mass is 560 g/mol. The number of ether oxygens (including phenoxy) is 1. The molecule has 0 unspecified atom stereocenters. The molecule has 1 aromatic carbocycles. The molecule has 208 valence electrons. The van der Waals surface area contributed by atoms with Crippen LogP contribution < -0.4 is 15.4 Å². The number of hydrogen-bond donors (Lipinski definition) is 4. The maximum atomic E-state index is 14.0. The number of aromatic nitrogens is 3. The molecule has 3 atom stereocenters. The first-order valence-electron chi connectivity index (χ1n) is 12.3. The lowest BCUT2D eigenvalue weighted by molar-refractivity contribution is -0.126. The van der Waals surface area contributed by atoms with Gasteiger partial charge in [0, 0.05) is 37.0 Å². The van der Waals surface area contributed by atoms with Crippen LogP contribution in [-0.2, 0) is 11.3 Å². The molecular weight excluding hydrogens is 531 g/mol. The van der Waals surface area contributed by atoms with Crippen LogP contribution in [0.15, 0.2) is 36.7 Å². The van der Waals surface area contributed by atoms with Crippen LogP contribution in [0.3, 0.4) is 0 Å². The zero-order chi connectivity index (χ0) is 28.3. The Kier molecular flexibility index (Phi) is 8.68. The third-order valence-electron chi connectivity index (χ3n) is 6.50. The Balaban J connectivity index is 1.51. The third-order valence-corrected chi connectivity index (χ3v) is 6.78. The van der Waals surface area contributed by atoms with Crippen LogP contribution in [0.1, 0.15) is 35.9 Å². The van der Waals surface area contributed by atoms with Crippen LogP contribution in [0.2, 0.25) is 5.02 Å². The summed E-state index contributed by atoms with van der Waals surface area (Å²) in [7, 11) is 1.39. The van der Waals surface area contributed by atoms with E-state index in [1.165, 1.54) is 36.4 Å². The van der Waals surface area contributed by atoms with Crippen molar-refractivity contribution in [2.24, 2.45) is 0 Å². The molecule has 0 saturated heterocycles. The Morgan fingerprint density at radius 3 is 2.67 bits per heavy atom. The topological polar surface area (TPSA) is 142 Å². The summed E-state index contributed by atoms with van der Waals surface area (Å²) in [6, 6.07) is 3.56. The van der Waals surface area contributed by atoms with E-state index >= 15 is 0 Å². The second-order valence-electron chi connectivity index (χ2n) is 9.27. The normalized spacial score (nSPS) is 15.4. The molecule has 0 spiro atoms. The first kappa shape index (κ1) is 28.3. The number of benzene rings is 1. The predicted molar refractivity (Wildman–Crippen MR) is 142 cm³/mol. The van der Waals surface area contributed by atoms with Gasteiger partial charge >= 0.3 is 0 Å². The smallest absolute Gasteiger partial charge is 0.271 e. The number of carbonyl (C=O) groups is 2. The minimum Gasteiger partial charge on any atom is -0.497 e. The molecule has 11 nitrogen and oxygen atoms in total. The maximum absolute atomic E-state index is 14.0. The van der Waals surface area contributed by atoms with Gasteiger partial charge in [0.25, 0.3) is 5.91 Å². The number of fused-ring (bicyclic) bond motifs is 1. The number of aliphatic hydroxyl groups is 2. The van der Waals surface area contributed by atoms with Gasteiger partial charge in [-0.1, -0.05) is 11.6 Å². The van der Waals surface area contributed by atoms with E-state index in [1.54, 1.807) is 30.7 Å². The Morgan fingerprint density at radius 1 is 1.21 bits per heavy atom. The molecule has 2 aromatic heterocycles. The van der Waals surface area contributed by atoms with E-state index in [1.807, 2.05) is 0 Å². The first-order chi connectivity index (χ1) is 18.6. The molecule has 0 saturated carbocycles. The molecule has 1 aliphatic rings. The lowest BCUT2D eigenvalue weighted by Crippen LogP contribution is -2.52. The standard InChI is InChI=1S/C26H30ClFN6O5/c1-14(12-35)30-26-29-10-20(27)23(32-26)17-8-22-25(38)34(5-4-33(22)11-17)15(2)24(37)31-21(13-36)16-6-18(28)9-19(7-16)39-3/h6-11,14-15,21,35-36H,4-5,12-13H2,1-3H3,(H,31,37)(H,29,30,32)/t14-,15+,21+/m0/s1. The lowest BCUT2D eigenvalue weighted by atomic mass is 10.1. The summed E-state index contributed by atoms with van der Waals surface area (Å²) in [4.78, 5) is 36.5. The number of aliphatic hydroxyl groups excluding tert-OH is 2. The van der Waals surface area contributed by atoms with Gasteiger partial charge in [0.1, 0.15) is 23.3 Å². The SMILES string of the molecule is COc1cc(F)cc([C@@H](CO)NC(=O)[C@@H](C)N2CCn3cc(-c4nc(N[C@@H](C)CO)ncc4Cl)cc3C2=O)c1. The van der Waals surface area contributed by atoms with E-state index in [9.17, 15) is 24.2 Å². The summed E-state index contributed by atoms with van der Waals surface area (Å²) in [6.45, 7) is 3.49. The summed E-state index contributed by atoms with van der Waals surface area (Å²) in [6.07, 6.45) is 3.21. The molecule has 3 aromatic rings. The minimum atomic E-state index is -0.892. The van der Waals surface area contributed by atoms with E-state index < -0.39 is 30.4 Å². The number of methoxy groups -OCH3 is 1. The quantitative estimate of drug-likeness (QED) is 0.296. The van der Waals surface area contributed by atoms with E-state index in [0.29, 0.717) is 34.1 Å². The first-order valence-corrected chi connectivity index (χ1v) is 12.7. The number of hydrogen-bond acceptors (Lipinski definition) is 8. The van der Waals surface area contributed by atoms with Gasteiger partial charge in [-0.25, -0.2) is 14.4 Å². The van der Waals surface area contributed by atoms with Crippen LogP contribution >= 0.6 is 11.6 Å². The summed E-state index contributed by atoms with van der Waals surface area (Å²) >= 11 is 6.35. The summed E-state index contributed by atoms with van der Waals surface area (Å²) in [5.74, 6) is -0.891. The van der Waals surface area contributed by atoms with E-state index in [0.717, 1.165) is 0 Å². The van der Waals surface area contributed by atoms with Gasteiger partial charge in [-0.3, -0.25) is 9.59 Å². The number of rotatable bonds is 10. The summed E-state index contributed by atoms with van der Waals surface area (Å²) in [5, 5.41) is 25.1. The van der Waals surface area contributed by atoms with Gasteiger partial charge in [0.15, 0.2) is 0 Å². The maximum Gasteiger partial charge on any atom is 0.271 e. The van der Waals surface area contributed by atoms with E-state index in [4.69, 9.17) is 16.3 Å². The number of nitrogens with one attached hydrogen (secondary N) is 2. The highest BCUT2D eigenvalue weighted by Crippen LogP contribution is 2.30. The molecule has 1 aliphatic heterocycles. The molecule has 0 radical (unpaired) electrons. The number of amides is 2. The van der Waals surface area contributed by atoms with Gasteiger partial charge in [-0.2, -0.15) is 0 Å². The van der Waals surface area contributed by atoms with Crippen molar-refractivity contribution in [3.05, 3.63) is 58.8 Å². The molecule has 2 amide bonds. The summed E-state index contributed by atoms with van der Waals surface area (Å²) < 4.78 is 20.8. The van der Waals surface area contributed by atoms with Crippen molar-refractivity contribution in [3.8, 4) is 17.0 Å². The second kappa shape index (κ2) is 12.0. The van der Waals surface area contributed by atoms with Crippen LogP contribution in [-0.4, -0.2) is 80.4 Å². The molecular formula is C26H30ClFN6O5. The van der Waals surface area contributed by atoms with Crippen molar-refractivity contribution in [1.29, 1.82) is 0 Å². The average Bonchev–Trinajstić information content (AvgIpc) is 3.37. The highest BCUT2D eigenvalue weighted by Gasteiger charge is 2.33. The highest BCUT2D eigenvalue weighted by molar-refractivity contribution is 6.33. The van der Waals surface area contributed by atoms with E-state index in [-0.39, 0.29) is 36.8 Å². The fraction of sp³-hybridized carbons (Fsp3) is 0.385. The number of halogens is 2. The van der Waals surface area contributed by atoms with Crippen molar-refractivity contribution < 1.29 is 28.9 Å². The van der Waals surface area contributed by atoms with Crippen LogP contribution in [0.25, 0.3) is 11.3 Å². The Hall–Kier alpha value is -3.74. The zero-order valence-corrected chi connectivity index (χ0v) is 22.4. The minimum absolute atomic E-state index is 0.104. The molecule has 4 rings (SSSR count). The lowest BCUT2D eigenvalue weighted by Gasteiger charge is -2.33. The number of anilines is 1.